The van der Waals surface area contributed by atoms with Crippen LogP contribution in [0.3, 0.4) is 0 Å². The van der Waals surface area contributed by atoms with Crippen LogP contribution < -0.4 is 103 Å². The van der Waals surface area contributed by atoms with E-state index in [4.69, 9.17) is 32.5 Å². The van der Waals surface area contributed by atoms with Crippen LogP contribution in [0.25, 0.3) is 0 Å². The summed E-state index contributed by atoms with van der Waals surface area (Å²) >= 11 is 0. The zero-order chi connectivity index (χ0) is 8.08. The van der Waals surface area contributed by atoms with E-state index in [2.05, 4.69) is 0 Å². The van der Waals surface area contributed by atoms with Crippen LogP contribution in [0.1, 0.15) is 2.85 Å². The molecule has 0 aromatic carbocycles. The van der Waals surface area contributed by atoms with Gasteiger partial charge in [0.2, 0.25) is 0 Å². The van der Waals surface area contributed by atoms with E-state index in [0.29, 0.717) is 0 Å². The molecule has 0 spiro atoms. The molecular weight excluding hydrogens is 234 g/mol. The molecule has 0 aromatic rings. The average Bonchev–Trinajstić information content (AvgIpc) is 1.19. The third-order valence-electron chi connectivity index (χ3n) is 0. The van der Waals surface area contributed by atoms with Gasteiger partial charge in [-0.1, -0.05) is 0 Å². The van der Waals surface area contributed by atoms with E-state index in [9.17, 15) is 0 Å². The van der Waals surface area contributed by atoms with Gasteiger partial charge in [-0.2, -0.15) is 8.42 Å². The van der Waals surface area contributed by atoms with Crippen LogP contribution in [0.15, 0.2) is 0 Å². The minimum Gasteiger partial charge on any atom is -1.00 e. The van der Waals surface area contributed by atoms with Crippen LogP contribution in [0.5, 0.6) is 0 Å². The van der Waals surface area contributed by atoms with Crippen LogP contribution in [0, 0.1) is 0 Å². The Balaban J connectivity index is -0.0000000146. The Morgan fingerprint density at radius 3 is 1.09 bits per heavy atom. The van der Waals surface area contributed by atoms with Crippen molar-refractivity contribution in [2.45, 2.75) is 0 Å². The molecule has 0 saturated heterocycles. The second-order valence-corrected chi connectivity index (χ2v) is 1.63. The predicted molar refractivity (Wildman–Crippen MR) is 27.1 cm³/mol. The maximum Gasteiger partial charge on any atom is 1.00 e. The maximum atomic E-state index is 8.74. The number of hydrogen-bond donors (Lipinski definition) is 4. The van der Waals surface area contributed by atoms with E-state index in [0.717, 1.165) is 0 Å². The van der Waals surface area contributed by atoms with Crippen molar-refractivity contribution in [1.29, 1.82) is 0 Å². The van der Waals surface area contributed by atoms with E-state index < -0.39 is 16.6 Å². The maximum absolute atomic E-state index is 8.74. The fraction of sp³-hybridized carbons (Fsp3) is 0. The van der Waals surface area contributed by atoms with Crippen molar-refractivity contribution in [3.05, 3.63) is 0 Å². The first kappa shape index (κ1) is 23.3. The SMILES string of the molecule is O=C(O)O.O=S(=O)(O)O.[H-].[H-].[K+].[K+]. The first-order valence-electron chi connectivity index (χ1n) is 1.35. The van der Waals surface area contributed by atoms with Crippen LogP contribution in [0.4, 0.5) is 4.79 Å². The Kier molecular flexibility index (Phi) is 26.3. The molecule has 0 radical (unpaired) electrons. The Labute approximate surface area is 151 Å². The van der Waals surface area contributed by atoms with E-state index in [1.165, 1.54) is 0 Å². The van der Waals surface area contributed by atoms with Crippen molar-refractivity contribution < 1.29 is 138 Å². The van der Waals surface area contributed by atoms with E-state index in [1.807, 2.05) is 0 Å². The molecule has 60 valence electrons. The second kappa shape index (κ2) is 12.4. The number of hydrogen-bond acceptors (Lipinski definition) is 3. The Hall–Kier alpha value is 2.41. The molecule has 0 bridgehead atoms. The summed E-state index contributed by atoms with van der Waals surface area (Å²) in [4.78, 5) is 8.56. The smallest absolute Gasteiger partial charge is 1.00 e. The van der Waals surface area contributed by atoms with Crippen LogP contribution >= 0.6 is 0 Å². The predicted octanol–water partition coefficient (Wildman–Crippen LogP) is -6.20. The van der Waals surface area contributed by atoms with Crippen LogP contribution in [-0.2, 0) is 10.4 Å². The quantitative estimate of drug-likeness (QED) is 0.244. The first-order chi connectivity index (χ1) is 3.73. The third kappa shape index (κ3) is 231. The van der Waals surface area contributed by atoms with Crippen LogP contribution in [-0.4, -0.2) is 33.9 Å². The Bertz CT molecular complexity index is 167. The van der Waals surface area contributed by atoms with Gasteiger partial charge in [0.15, 0.2) is 0 Å². The molecule has 0 unspecified atom stereocenters. The Morgan fingerprint density at radius 2 is 1.09 bits per heavy atom. The normalized spacial score (nSPS) is 7.45. The summed E-state index contributed by atoms with van der Waals surface area (Å²) in [6, 6.07) is 0. The molecule has 0 saturated carbocycles. The number of carboxylic acid groups (broad SMARTS) is 2. The van der Waals surface area contributed by atoms with Crippen molar-refractivity contribution in [3.8, 4) is 0 Å². The summed E-state index contributed by atoms with van der Waals surface area (Å²) in [7, 11) is -4.67. The molecule has 4 N–H and O–H groups in total. The molecule has 0 amide bonds. The fourth-order valence-electron chi connectivity index (χ4n) is 0. The zero-order valence-electron chi connectivity index (χ0n) is 7.92. The third-order valence-corrected chi connectivity index (χ3v) is 0. The number of rotatable bonds is 0. The van der Waals surface area contributed by atoms with Gasteiger partial charge >= 0.3 is 119 Å². The minimum absolute atomic E-state index is 0. The van der Waals surface area contributed by atoms with Gasteiger partial charge in [-0.3, -0.25) is 9.11 Å². The van der Waals surface area contributed by atoms with Gasteiger partial charge in [0, 0.05) is 0 Å². The molecule has 10 heteroatoms. The van der Waals surface area contributed by atoms with Gasteiger partial charge in [0.1, 0.15) is 0 Å². The van der Waals surface area contributed by atoms with Crippen molar-refractivity contribution in [2.75, 3.05) is 0 Å². The Morgan fingerprint density at radius 1 is 1.09 bits per heavy atom. The van der Waals surface area contributed by atoms with Gasteiger partial charge in [0.25, 0.3) is 0 Å². The summed E-state index contributed by atoms with van der Waals surface area (Å²) in [5, 5.41) is 13.9. The van der Waals surface area contributed by atoms with E-state index in [-0.39, 0.29) is 106 Å². The molecule has 7 nitrogen and oxygen atoms in total. The molecule has 0 rings (SSSR count). The molecule has 0 aliphatic carbocycles. The van der Waals surface area contributed by atoms with Gasteiger partial charge in [-0.05, 0) is 0 Å². The van der Waals surface area contributed by atoms with Gasteiger partial charge in [-0.25, -0.2) is 4.79 Å². The summed E-state index contributed by atoms with van der Waals surface area (Å²) in [6.45, 7) is 0. The molecule has 0 aliphatic heterocycles. The molecule has 0 heterocycles. The van der Waals surface area contributed by atoms with Crippen molar-refractivity contribution in [1.82, 2.24) is 0 Å². The molecule has 0 aliphatic rings. The van der Waals surface area contributed by atoms with Crippen molar-refractivity contribution >= 4 is 16.6 Å². The van der Waals surface area contributed by atoms with Gasteiger partial charge in [-0.15, -0.1) is 0 Å². The summed E-state index contributed by atoms with van der Waals surface area (Å²) in [5.41, 5.74) is 0. The molecule has 11 heavy (non-hydrogen) atoms. The zero-order valence-corrected chi connectivity index (χ0v) is 13.0. The van der Waals surface area contributed by atoms with E-state index in [1.54, 1.807) is 0 Å². The minimum atomic E-state index is -4.67. The molecule has 0 fully saturated rings. The average molecular weight is 240 g/mol. The molecule has 0 aromatic heterocycles. The largest absolute Gasteiger partial charge is 1.00 e. The number of carbonyl (C=O) groups is 1. The topological polar surface area (TPSA) is 132 Å². The van der Waals surface area contributed by atoms with E-state index >= 15 is 0 Å². The fourth-order valence-corrected chi connectivity index (χ4v) is 0. The summed E-state index contributed by atoms with van der Waals surface area (Å²) in [5.74, 6) is 0. The van der Waals surface area contributed by atoms with Gasteiger partial charge in [0.05, 0.1) is 0 Å². The van der Waals surface area contributed by atoms with Crippen molar-refractivity contribution in [2.24, 2.45) is 0 Å². The van der Waals surface area contributed by atoms with Crippen molar-refractivity contribution in [3.63, 3.8) is 0 Å². The monoisotopic (exact) mass is 240 g/mol. The second-order valence-electron chi connectivity index (χ2n) is 0.730. The molecule has 0 atom stereocenters. The first-order valence-corrected chi connectivity index (χ1v) is 2.75. The van der Waals surface area contributed by atoms with Crippen LogP contribution in [0.2, 0.25) is 0 Å². The summed E-state index contributed by atoms with van der Waals surface area (Å²) < 4.78 is 31.6. The van der Waals surface area contributed by atoms with Gasteiger partial charge < -0.3 is 13.1 Å². The standard InChI is InChI=1S/CH2O3.2K.H2O4S.2H/c2-1(3)4;;;1-5(2,3)4;;/h(H2,2,3,4);;;(H2,1,2,3,4);;/q;2*+1;;2*-1. The molecular formula is CH6K2O7S. The summed E-state index contributed by atoms with van der Waals surface area (Å²) in [6.07, 6.45) is -1.83.